The topological polar surface area (TPSA) is 9.86 Å². The standard InChI is InChI=1S/C52H34N2/c1-4-16-35(17-5-1)49-34-46-48(53(49)38-20-8-3-9-21-38)33-32-45-40-22-14-15-27-47(40)54(52(45)46)39-30-28-37(29-31-39)51-43-25-12-10-23-41(43)50(36-18-6-2-7-19-36)42-24-11-13-26-44(42)51/h1-34H. The van der Waals surface area contributed by atoms with Gasteiger partial charge in [0.1, 0.15) is 0 Å². The molecule has 0 spiro atoms. The zero-order valence-electron chi connectivity index (χ0n) is 29.5. The molecule has 9 aromatic carbocycles. The van der Waals surface area contributed by atoms with Gasteiger partial charge >= 0.3 is 0 Å². The first-order valence-corrected chi connectivity index (χ1v) is 18.6. The van der Waals surface area contributed by atoms with Crippen LogP contribution < -0.4 is 0 Å². The minimum absolute atomic E-state index is 1.14. The van der Waals surface area contributed by atoms with Crippen LogP contribution in [0.3, 0.4) is 0 Å². The number of hydrogen-bond donors (Lipinski definition) is 0. The van der Waals surface area contributed by atoms with Crippen LogP contribution in [-0.4, -0.2) is 9.13 Å². The molecule has 2 heteroatoms. The molecule has 0 fully saturated rings. The van der Waals surface area contributed by atoms with Crippen LogP contribution in [0, 0.1) is 0 Å². The van der Waals surface area contributed by atoms with E-state index in [1.54, 1.807) is 0 Å². The second-order valence-electron chi connectivity index (χ2n) is 14.1. The Balaban J connectivity index is 1.16. The molecule has 252 valence electrons. The number of benzene rings is 9. The van der Waals surface area contributed by atoms with Gasteiger partial charge in [-0.25, -0.2) is 0 Å². The Morgan fingerprint density at radius 1 is 0.259 bits per heavy atom. The van der Waals surface area contributed by atoms with Gasteiger partial charge in [-0.2, -0.15) is 0 Å². The Labute approximate surface area is 313 Å². The van der Waals surface area contributed by atoms with Gasteiger partial charge in [0.2, 0.25) is 0 Å². The third-order valence-corrected chi connectivity index (χ3v) is 11.1. The molecule has 2 nitrogen and oxygen atoms in total. The lowest BCUT2D eigenvalue weighted by molar-refractivity contribution is 1.13. The maximum Gasteiger partial charge on any atom is 0.0635 e. The summed E-state index contributed by atoms with van der Waals surface area (Å²) in [7, 11) is 0. The van der Waals surface area contributed by atoms with E-state index < -0.39 is 0 Å². The Morgan fingerprint density at radius 2 is 0.704 bits per heavy atom. The van der Waals surface area contributed by atoms with Crippen molar-refractivity contribution in [2.75, 3.05) is 0 Å². The summed E-state index contributed by atoms with van der Waals surface area (Å²) < 4.78 is 4.88. The van der Waals surface area contributed by atoms with Crippen molar-refractivity contribution >= 4 is 54.3 Å². The van der Waals surface area contributed by atoms with Gasteiger partial charge < -0.3 is 9.13 Å². The molecule has 11 aromatic rings. The smallest absolute Gasteiger partial charge is 0.0635 e. The first-order chi connectivity index (χ1) is 26.8. The number of fused-ring (bicyclic) bond motifs is 7. The van der Waals surface area contributed by atoms with Gasteiger partial charge in [0.15, 0.2) is 0 Å². The molecule has 0 saturated carbocycles. The molecule has 0 N–H and O–H groups in total. The van der Waals surface area contributed by atoms with Gasteiger partial charge in [-0.1, -0.05) is 164 Å². The molecule has 0 unspecified atom stereocenters. The molecule has 0 atom stereocenters. The summed E-state index contributed by atoms with van der Waals surface area (Å²) in [4.78, 5) is 0. The fourth-order valence-corrected chi connectivity index (χ4v) is 8.82. The van der Waals surface area contributed by atoms with Crippen molar-refractivity contribution in [3.63, 3.8) is 0 Å². The van der Waals surface area contributed by atoms with Crippen LogP contribution in [0.1, 0.15) is 0 Å². The van der Waals surface area contributed by atoms with Gasteiger partial charge in [-0.3, -0.25) is 0 Å². The Hall–Kier alpha value is -7.16. The summed E-state index contributed by atoms with van der Waals surface area (Å²) >= 11 is 0. The molecular weight excluding hydrogens is 653 g/mol. The van der Waals surface area contributed by atoms with Gasteiger partial charge in [0.25, 0.3) is 0 Å². The molecule has 0 bridgehead atoms. The summed E-state index contributed by atoms with van der Waals surface area (Å²) in [5.74, 6) is 0. The lowest BCUT2D eigenvalue weighted by atomic mass is 9.86. The van der Waals surface area contributed by atoms with Crippen molar-refractivity contribution in [2.45, 2.75) is 0 Å². The number of hydrogen-bond acceptors (Lipinski definition) is 0. The molecule has 0 aliphatic heterocycles. The largest absolute Gasteiger partial charge is 0.309 e. The molecule has 0 aliphatic carbocycles. The molecular formula is C52H34N2. The molecule has 0 saturated heterocycles. The minimum Gasteiger partial charge on any atom is -0.309 e. The van der Waals surface area contributed by atoms with Crippen LogP contribution in [0.4, 0.5) is 0 Å². The second-order valence-corrected chi connectivity index (χ2v) is 14.1. The average molecular weight is 687 g/mol. The zero-order valence-corrected chi connectivity index (χ0v) is 29.5. The van der Waals surface area contributed by atoms with E-state index in [0.717, 1.165) is 11.4 Å². The number of nitrogens with zero attached hydrogens (tertiary/aromatic N) is 2. The third kappa shape index (κ3) is 4.60. The maximum absolute atomic E-state index is 2.47. The third-order valence-electron chi connectivity index (χ3n) is 11.1. The Kier molecular flexibility index (Phi) is 6.90. The molecule has 0 amide bonds. The first-order valence-electron chi connectivity index (χ1n) is 18.6. The predicted molar refractivity (Wildman–Crippen MR) is 229 cm³/mol. The first kappa shape index (κ1) is 30.5. The van der Waals surface area contributed by atoms with Crippen LogP contribution >= 0.6 is 0 Å². The van der Waals surface area contributed by atoms with E-state index in [-0.39, 0.29) is 0 Å². The molecule has 0 aliphatic rings. The van der Waals surface area contributed by atoms with Crippen molar-refractivity contribution in [2.24, 2.45) is 0 Å². The van der Waals surface area contributed by atoms with E-state index in [2.05, 4.69) is 215 Å². The van der Waals surface area contributed by atoms with Gasteiger partial charge in [-0.15, -0.1) is 0 Å². The van der Waals surface area contributed by atoms with E-state index in [0.29, 0.717) is 0 Å². The van der Waals surface area contributed by atoms with E-state index in [1.807, 2.05) is 0 Å². The SMILES string of the molecule is c1ccc(-c2c3ccccc3c(-c3ccc(-n4c5ccccc5c5ccc6c(cc(-c7ccccc7)n6-c6ccccc6)c54)cc3)c3ccccc23)cc1. The molecule has 2 aromatic heterocycles. The number of para-hydroxylation sites is 2. The van der Waals surface area contributed by atoms with Crippen molar-refractivity contribution in [1.82, 2.24) is 9.13 Å². The normalized spacial score (nSPS) is 11.7. The van der Waals surface area contributed by atoms with Crippen LogP contribution in [0.5, 0.6) is 0 Å². The number of rotatable bonds is 5. The Bertz CT molecular complexity index is 3110. The number of aromatic nitrogens is 2. The van der Waals surface area contributed by atoms with Crippen LogP contribution in [0.25, 0.3) is 99.1 Å². The minimum atomic E-state index is 1.14. The van der Waals surface area contributed by atoms with E-state index in [1.165, 1.54) is 87.8 Å². The van der Waals surface area contributed by atoms with Crippen molar-refractivity contribution < 1.29 is 0 Å². The second kappa shape index (κ2) is 12.2. The van der Waals surface area contributed by atoms with Crippen LogP contribution in [0.2, 0.25) is 0 Å². The van der Waals surface area contributed by atoms with Crippen LogP contribution in [0.15, 0.2) is 206 Å². The lowest BCUT2D eigenvalue weighted by Gasteiger charge is -2.18. The summed E-state index contributed by atoms with van der Waals surface area (Å²) in [5.41, 5.74) is 13.3. The predicted octanol–water partition coefficient (Wildman–Crippen LogP) is 14.0. The highest BCUT2D eigenvalue weighted by atomic mass is 15.0. The fraction of sp³-hybridized carbons (Fsp3) is 0. The summed E-state index contributed by atoms with van der Waals surface area (Å²) in [6, 6.07) is 75.1. The van der Waals surface area contributed by atoms with Crippen molar-refractivity contribution in [1.29, 1.82) is 0 Å². The summed E-state index contributed by atoms with van der Waals surface area (Å²) in [5, 5.41) is 8.78. The molecule has 2 heterocycles. The molecule has 0 radical (unpaired) electrons. The molecule has 11 rings (SSSR count). The summed E-state index contributed by atoms with van der Waals surface area (Å²) in [6.07, 6.45) is 0. The monoisotopic (exact) mass is 686 g/mol. The average Bonchev–Trinajstić information content (AvgIpc) is 3.80. The van der Waals surface area contributed by atoms with E-state index in [9.17, 15) is 0 Å². The summed E-state index contributed by atoms with van der Waals surface area (Å²) in [6.45, 7) is 0. The van der Waals surface area contributed by atoms with Gasteiger partial charge in [-0.05, 0) is 91.8 Å². The zero-order chi connectivity index (χ0) is 35.6. The highest BCUT2D eigenvalue weighted by Crippen LogP contribution is 2.45. The van der Waals surface area contributed by atoms with Crippen molar-refractivity contribution in [3.05, 3.63) is 206 Å². The maximum atomic E-state index is 2.47. The molecule has 54 heavy (non-hydrogen) atoms. The van der Waals surface area contributed by atoms with Gasteiger partial charge in [0.05, 0.1) is 22.2 Å². The fourth-order valence-electron chi connectivity index (χ4n) is 8.82. The lowest BCUT2D eigenvalue weighted by Crippen LogP contribution is -1.97. The van der Waals surface area contributed by atoms with Gasteiger partial charge in [0, 0.05) is 27.5 Å². The van der Waals surface area contributed by atoms with E-state index >= 15 is 0 Å². The highest BCUT2D eigenvalue weighted by molar-refractivity contribution is 6.22. The Morgan fingerprint density at radius 3 is 1.30 bits per heavy atom. The van der Waals surface area contributed by atoms with Crippen molar-refractivity contribution in [3.8, 4) is 44.9 Å². The highest BCUT2D eigenvalue weighted by Gasteiger charge is 2.21. The van der Waals surface area contributed by atoms with E-state index in [4.69, 9.17) is 0 Å². The quantitative estimate of drug-likeness (QED) is 0.160. The van der Waals surface area contributed by atoms with Crippen LogP contribution in [-0.2, 0) is 0 Å².